The molecule has 0 heterocycles. The van der Waals surface area contributed by atoms with Crippen LogP contribution in [0.25, 0.3) is 0 Å². The molecule has 0 radical (unpaired) electrons. The van der Waals surface area contributed by atoms with E-state index in [9.17, 15) is 24.2 Å². The van der Waals surface area contributed by atoms with Gasteiger partial charge in [0.1, 0.15) is 6.61 Å². The first-order valence-corrected chi connectivity index (χ1v) is 21.0. The van der Waals surface area contributed by atoms with E-state index in [1.165, 1.54) is 0 Å². The van der Waals surface area contributed by atoms with Crippen LogP contribution >= 0.6 is 7.82 Å². The van der Waals surface area contributed by atoms with Crippen molar-refractivity contribution in [1.82, 2.24) is 0 Å². The third-order valence-electron chi connectivity index (χ3n) is 7.69. The summed E-state index contributed by atoms with van der Waals surface area (Å²) in [4.78, 5) is 34.8. The van der Waals surface area contributed by atoms with Gasteiger partial charge in [-0.05, 0) is 64.2 Å². The normalized spacial score (nSPS) is 14.8. The Morgan fingerprint density at radius 1 is 0.673 bits per heavy atom. The minimum Gasteiger partial charge on any atom is -0.462 e. The summed E-state index contributed by atoms with van der Waals surface area (Å²) in [6.45, 7) is 3.32. The average Bonchev–Trinajstić information content (AvgIpc) is 3.12. The molecule has 4 N–H and O–H groups in total. The first kappa shape index (κ1) is 49.4. The molecule has 0 aromatic carbocycles. The highest BCUT2D eigenvalue weighted by molar-refractivity contribution is 7.47. The number of carbonyl (C=O) groups excluding carboxylic acids is 2. The molecule has 0 aliphatic rings. The summed E-state index contributed by atoms with van der Waals surface area (Å²) >= 11 is 0. The van der Waals surface area contributed by atoms with E-state index in [-0.39, 0.29) is 32.6 Å². The highest BCUT2D eigenvalue weighted by Crippen LogP contribution is 2.43. The van der Waals surface area contributed by atoms with Gasteiger partial charge in [-0.3, -0.25) is 18.6 Å². The van der Waals surface area contributed by atoms with Gasteiger partial charge in [0, 0.05) is 19.4 Å². The van der Waals surface area contributed by atoms with Crippen molar-refractivity contribution in [2.24, 2.45) is 5.73 Å². The minimum atomic E-state index is -4.41. The molecule has 0 saturated heterocycles. The summed E-state index contributed by atoms with van der Waals surface area (Å²) in [7, 11) is -4.41. The Bertz CT molecular complexity index is 1100. The second kappa shape index (κ2) is 36.8. The zero-order valence-corrected chi connectivity index (χ0v) is 33.0. The van der Waals surface area contributed by atoms with Crippen LogP contribution in [0.4, 0.5) is 0 Å². The van der Waals surface area contributed by atoms with Crippen LogP contribution in [0.2, 0.25) is 0 Å². The molecule has 0 amide bonds. The number of carbonyl (C=O) groups is 2. The number of phosphoric ester groups is 1. The van der Waals surface area contributed by atoms with Crippen LogP contribution in [-0.2, 0) is 32.7 Å². The highest BCUT2D eigenvalue weighted by Gasteiger charge is 2.26. The van der Waals surface area contributed by atoms with Gasteiger partial charge in [-0.25, -0.2) is 4.57 Å². The van der Waals surface area contributed by atoms with Crippen LogP contribution in [-0.4, -0.2) is 60.5 Å². The smallest absolute Gasteiger partial charge is 0.462 e. The molecule has 0 rings (SSSR count). The molecule has 0 aromatic rings. The molecule has 3 atom stereocenters. The van der Waals surface area contributed by atoms with Crippen molar-refractivity contribution >= 4 is 19.8 Å². The molecule has 0 aromatic heterocycles. The predicted molar refractivity (Wildman–Crippen MR) is 212 cm³/mol. The van der Waals surface area contributed by atoms with E-state index in [0.29, 0.717) is 19.3 Å². The number of rotatable bonds is 35. The minimum absolute atomic E-state index is 0.0308. The lowest BCUT2D eigenvalue weighted by molar-refractivity contribution is -0.161. The lowest BCUT2D eigenvalue weighted by Gasteiger charge is -2.19. The summed E-state index contributed by atoms with van der Waals surface area (Å²) in [5.74, 6) is -0.934. The Hall–Kier alpha value is -2.59. The monoisotopic (exact) mass is 751 g/mol. The van der Waals surface area contributed by atoms with Crippen LogP contribution in [0.3, 0.4) is 0 Å². The van der Waals surface area contributed by atoms with Crippen LogP contribution in [0, 0.1) is 0 Å². The largest absolute Gasteiger partial charge is 0.472 e. The van der Waals surface area contributed by atoms with Crippen LogP contribution in [0.15, 0.2) is 72.9 Å². The molecule has 0 fully saturated rings. The number of phosphoric acid groups is 1. The van der Waals surface area contributed by atoms with Crippen molar-refractivity contribution in [1.29, 1.82) is 0 Å². The summed E-state index contributed by atoms with van der Waals surface area (Å²) in [6.07, 6.45) is 39.5. The molecule has 0 spiro atoms. The van der Waals surface area contributed by atoms with Gasteiger partial charge in [0.15, 0.2) is 6.10 Å². The number of nitrogens with two attached hydrogens (primary N) is 1. The Morgan fingerprint density at radius 3 is 1.88 bits per heavy atom. The van der Waals surface area contributed by atoms with E-state index < -0.39 is 38.6 Å². The molecule has 298 valence electrons. The second-order valence-corrected chi connectivity index (χ2v) is 14.0. The van der Waals surface area contributed by atoms with E-state index in [0.717, 1.165) is 89.9 Å². The Morgan fingerprint density at radius 2 is 1.23 bits per heavy atom. The highest BCUT2D eigenvalue weighted by atomic mass is 31.2. The summed E-state index contributed by atoms with van der Waals surface area (Å²) in [6, 6.07) is 0. The molecule has 0 bridgehead atoms. The van der Waals surface area contributed by atoms with Crippen molar-refractivity contribution in [3.63, 3.8) is 0 Å². The van der Waals surface area contributed by atoms with Crippen LogP contribution in [0.1, 0.15) is 136 Å². The fourth-order valence-corrected chi connectivity index (χ4v) is 5.60. The zero-order chi connectivity index (χ0) is 38.4. The number of ether oxygens (including phenoxy) is 2. The predicted octanol–water partition coefficient (Wildman–Crippen LogP) is 9.68. The van der Waals surface area contributed by atoms with E-state index in [1.54, 1.807) is 6.08 Å². The molecule has 10 nitrogen and oxygen atoms in total. The van der Waals surface area contributed by atoms with Gasteiger partial charge in [-0.2, -0.15) is 0 Å². The summed E-state index contributed by atoms with van der Waals surface area (Å²) in [5.41, 5.74) is 5.33. The Balaban J connectivity index is 4.35. The number of unbranched alkanes of at least 4 members (excludes halogenated alkanes) is 9. The van der Waals surface area contributed by atoms with Crippen molar-refractivity contribution in [2.45, 2.75) is 148 Å². The first-order chi connectivity index (χ1) is 25.2. The topological polar surface area (TPSA) is 155 Å². The number of aliphatic hydroxyl groups is 1. The number of allylic oxidation sites excluding steroid dienone is 11. The maximum atomic E-state index is 12.5. The van der Waals surface area contributed by atoms with Gasteiger partial charge in [-0.15, -0.1) is 0 Å². The number of hydrogen-bond acceptors (Lipinski definition) is 9. The fourth-order valence-electron chi connectivity index (χ4n) is 4.83. The number of hydrogen-bond donors (Lipinski definition) is 3. The third kappa shape index (κ3) is 35.8. The standard InChI is InChI=1S/C41H70NO9P/c1-3-5-7-9-11-12-13-14-15-16-17-18-20-24-28-32-40(44)48-36-39(37-50-52(46,47)49-35-34-42)51-41(45)33-29-25-21-23-27-31-38(43)30-26-22-19-10-8-6-4-2/h5-8,11-12,14-15,19,22,26,30,38-39,43H,3-4,9-10,13,16-18,20-21,23-25,27-29,31-37,42H2,1-2H3,(H,46,47)/b7-5-,8-6+,12-11-,15-14-,22-19+,30-26+/t38?,39-/m1/s1. The number of esters is 2. The average molecular weight is 752 g/mol. The van der Waals surface area contributed by atoms with Crippen LogP contribution in [0.5, 0.6) is 0 Å². The van der Waals surface area contributed by atoms with Crippen molar-refractivity contribution < 1.29 is 42.7 Å². The SMILES string of the molecule is CC/C=C\C/C=C\C/C=C\CCCCCCCC(=O)OC[C@H](COP(=O)(O)OCCN)OC(=O)CCCCCCCC(O)/C=C/C=C/C/C=C/CC. The first-order valence-electron chi connectivity index (χ1n) is 19.5. The van der Waals surface area contributed by atoms with Gasteiger partial charge in [0.25, 0.3) is 0 Å². The molecule has 11 heteroatoms. The van der Waals surface area contributed by atoms with E-state index >= 15 is 0 Å². The van der Waals surface area contributed by atoms with Gasteiger partial charge >= 0.3 is 19.8 Å². The van der Waals surface area contributed by atoms with E-state index in [2.05, 4.69) is 62.5 Å². The summed E-state index contributed by atoms with van der Waals surface area (Å²) < 4.78 is 32.6. The Kier molecular flexibility index (Phi) is 34.9. The van der Waals surface area contributed by atoms with Gasteiger partial charge < -0.3 is 25.2 Å². The lowest BCUT2D eigenvalue weighted by atomic mass is 10.1. The van der Waals surface area contributed by atoms with Crippen LogP contribution < -0.4 is 5.73 Å². The molecule has 52 heavy (non-hydrogen) atoms. The molecular weight excluding hydrogens is 681 g/mol. The quantitative estimate of drug-likeness (QED) is 0.0187. The summed E-state index contributed by atoms with van der Waals surface area (Å²) in [5, 5.41) is 10.1. The molecule has 2 unspecified atom stereocenters. The molecular formula is C41H70NO9P. The maximum absolute atomic E-state index is 12.5. The third-order valence-corrected chi connectivity index (χ3v) is 8.68. The Labute approximate surface area is 314 Å². The van der Waals surface area contributed by atoms with E-state index in [4.69, 9.17) is 24.3 Å². The maximum Gasteiger partial charge on any atom is 0.472 e. The fraction of sp³-hybridized carbons (Fsp3) is 0.659. The molecule has 0 aliphatic carbocycles. The van der Waals surface area contributed by atoms with Gasteiger partial charge in [0.2, 0.25) is 0 Å². The van der Waals surface area contributed by atoms with E-state index in [1.807, 2.05) is 18.2 Å². The van der Waals surface area contributed by atoms with Crippen molar-refractivity contribution in [3.05, 3.63) is 72.9 Å². The molecule has 0 aliphatic heterocycles. The molecule has 0 saturated carbocycles. The van der Waals surface area contributed by atoms with Gasteiger partial charge in [-0.1, -0.05) is 132 Å². The van der Waals surface area contributed by atoms with Crippen molar-refractivity contribution in [2.75, 3.05) is 26.4 Å². The lowest BCUT2D eigenvalue weighted by Crippen LogP contribution is -2.29. The van der Waals surface area contributed by atoms with Crippen molar-refractivity contribution in [3.8, 4) is 0 Å². The zero-order valence-electron chi connectivity index (χ0n) is 32.1. The van der Waals surface area contributed by atoms with Gasteiger partial charge in [0.05, 0.1) is 19.3 Å². The second-order valence-electron chi connectivity index (χ2n) is 12.6. The number of aliphatic hydroxyl groups excluding tert-OH is 1.